The molecule has 1 unspecified atom stereocenters. The number of quaternary nitrogens is 1. The Morgan fingerprint density at radius 3 is 2.69 bits per heavy atom. The van der Waals surface area contributed by atoms with E-state index in [2.05, 4.69) is 24.3 Å². The van der Waals surface area contributed by atoms with Crippen LogP contribution in [0.2, 0.25) is 0 Å². The summed E-state index contributed by atoms with van der Waals surface area (Å²) < 4.78 is 11.1. The van der Waals surface area contributed by atoms with Crippen molar-refractivity contribution < 1.29 is 19.2 Å². The van der Waals surface area contributed by atoms with E-state index in [0.717, 1.165) is 58.5 Å². The van der Waals surface area contributed by atoms with Gasteiger partial charge in [-0.25, -0.2) is 0 Å². The summed E-state index contributed by atoms with van der Waals surface area (Å²) in [7, 11) is 3.40. The Labute approximate surface area is 170 Å². The molecule has 0 saturated carbocycles. The van der Waals surface area contributed by atoms with Gasteiger partial charge in [0.05, 0.1) is 37.6 Å². The number of hydrogen-bond donors (Lipinski definition) is 1. The minimum Gasteiger partial charge on any atom is -0.497 e. The van der Waals surface area contributed by atoms with Gasteiger partial charge in [-0.05, 0) is 35.7 Å². The number of nitrogens with one attached hydrogen (secondary N) is 1. The first-order chi connectivity index (χ1) is 14.2. The van der Waals surface area contributed by atoms with Crippen molar-refractivity contribution in [3.05, 3.63) is 65.7 Å². The van der Waals surface area contributed by atoms with Crippen LogP contribution in [-0.2, 0) is 0 Å². The van der Waals surface area contributed by atoms with Crippen LogP contribution in [0.3, 0.4) is 0 Å². The molecule has 1 N–H and O–H groups in total. The summed E-state index contributed by atoms with van der Waals surface area (Å²) in [5.74, 6) is 1.82. The number of benzene rings is 3. The van der Waals surface area contributed by atoms with Crippen LogP contribution in [0.1, 0.15) is 34.8 Å². The molecular weight excluding hydrogens is 364 g/mol. The molecule has 1 saturated heterocycles. The number of methoxy groups -OCH3 is 2. The SMILES string of the molecule is COc1ccc(OC)c([C@H]2CCC[NH+]2CN2C(=O)c3cccc4cccc2c34)c1. The monoisotopic (exact) mass is 389 g/mol. The first-order valence-corrected chi connectivity index (χ1v) is 10.1. The zero-order valence-electron chi connectivity index (χ0n) is 16.8. The zero-order chi connectivity index (χ0) is 20.0. The van der Waals surface area contributed by atoms with E-state index in [1.165, 1.54) is 4.90 Å². The summed E-state index contributed by atoms with van der Waals surface area (Å²) in [4.78, 5) is 16.5. The average molecular weight is 389 g/mol. The molecule has 2 aliphatic heterocycles. The molecular formula is C24H25N2O3+. The standard InChI is InChI=1S/C24H24N2O3/c1-28-17-11-12-22(29-2)19(14-17)20-10-5-13-25(20)15-26-21-9-4-7-16-6-3-8-18(23(16)21)24(26)27/h3-4,6-9,11-12,14,20H,5,10,13,15H2,1-2H3/p+1/t20-/m1/s1. The van der Waals surface area contributed by atoms with Crippen LogP contribution in [0.25, 0.3) is 10.8 Å². The second-order valence-corrected chi connectivity index (χ2v) is 7.78. The molecule has 0 spiro atoms. The summed E-state index contributed by atoms with van der Waals surface area (Å²) in [6, 6.07) is 18.4. The Bertz CT molecular complexity index is 1090. The van der Waals surface area contributed by atoms with Gasteiger partial charge in [0.25, 0.3) is 5.91 Å². The van der Waals surface area contributed by atoms with Gasteiger partial charge < -0.3 is 14.4 Å². The molecule has 0 bridgehead atoms. The van der Waals surface area contributed by atoms with Gasteiger partial charge in [-0.15, -0.1) is 0 Å². The van der Waals surface area contributed by atoms with Crippen molar-refractivity contribution in [2.75, 3.05) is 32.3 Å². The minimum atomic E-state index is 0.104. The van der Waals surface area contributed by atoms with Gasteiger partial charge in [0, 0.05) is 18.2 Å². The first kappa shape index (κ1) is 18.0. The van der Waals surface area contributed by atoms with E-state index in [1.54, 1.807) is 14.2 Å². The summed E-state index contributed by atoms with van der Waals surface area (Å²) in [6.45, 7) is 1.68. The average Bonchev–Trinajstić information content (AvgIpc) is 3.33. The first-order valence-electron chi connectivity index (χ1n) is 10.1. The van der Waals surface area contributed by atoms with E-state index < -0.39 is 0 Å². The molecule has 2 heterocycles. The van der Waals surface area contributed by atoms with Gasteiger partial charge in [0.1, 0.15) is 17.5 Å². The third kappa shape index (κ3) is 2.85. The highest BCUT2D eigenvalue weighted by atomic mass is 16.5. The highest BCUT2D eigenvalue weighted by Crippen LogP contribution is 2.37. The predicted molar refractivity (Wildman–Crippen MR) is 113 cm³/mol. The maximum absolute atomic E-state index is 13.2. The van der Waals surface area contributed by atoms with Crippen molar-refractivity contribution >= 4 is 22.4 Å². The zero-order valence-corrected chi connectivity index (χ0v) is 16.8. The van der Waals surface area contributed by atoms with Crippen LogP contribution < -0.4 is 19.3 Å². The highest BCUT2D eigenvalue weighted by Gasteiger charge is 2.38. The molecule has 5 rings (SSSR count). The number of carbonyl (C=O) groups excluding carboxylic acids is 1. The van der Waals surface area contributed by atoms with E-state index >= 15 is 0 Å². The lowest BCUT2D eigenvalue weighted by molar-refractivity contribution is -0.917. The molecule has 29 heavy (non-hydrogen) atoms. The summed E-state index contributed by atoms with van der Waals surface area (Å²) in [5, 5.41) is 2.20. The van der Waals surface area contributed by atoms with Gasteiger partial charge >= 0.3 is 0 Å². The summed E-state index contributed by atoms with van der Waals surface area (Å²) in [5.41, 5.74) is 2.99. The number of carbonyl (C=O) groups is 1. The number of ether oxygens (including phenoxy) is 2. The fraction of sp³-hybridized carbons (Fsp3) is 0.292. The smallest absolute Gasteiger partial charge is 0.263 e. The summed E-state index contributed by atoms with van der Waals surface area (Å²) >= 11 is 0. The number of likely N-dealkylation sites (tertiary alicyclic amines) is 1. The highest BCUT2D eigenvalue weighted by molar-refractivity contribution is 6.24. The lowest BCUT2D eigenvalue weighted by Crippen LogP contribution is -3.12. The number of rotatable bonds is 5. The van der Waals surface area contributed by atoms with E-state index in [0.29, 0.717) is 6.67 Å². The van der Waals surface area contributed by atoms with Crippen molar-refractivity contribution in [3.63, 3.8) is 0 Å². The molecule has 0 aliphatic carbocycles. The molecule has 5 nitrogen and oxygen atoms in total. The van der Waals surface area contributed by atoms with Crippen LogP contribution in [0.4, 0.5) is 5.69 Å². The second-order valence-electron chi connectivity index (χ2n) is 7.78. The topological polar surface area (TPSA) is 43.2 Å². The number of amides is 1. The maximum Gasteiger partial charge on any atom is 0.263 e. The molecule has 2 aliphatic rings. The predicted octanol–water partition coefficient (Wildman–Crippen LogP) is 3.19. The van der Waals surface area contributed by atoms with Crippen LogP contribution in [0.5, 0.6) is 11.5 Å². The van der Waals surface area contributed by atoms with Gasteiger partial charge in [-0.3, -0.25) is 9.69 Å². The van der Waals surface area contributed by atoms with E-state index in [-0.39, 0.29) is 11.9 Å². The van der Waals surface area contributed by atoms with Gasteiger partial charge in [0.15, 0.2) is 6.67 Å². The molecule has 1 amide bonds. The minimum absolute atomic E-state index is 0.104. The molecule has 148 valence electrons. The molecule has 1 fully saturated rings. The Morgan fingerprint density at radius 1 is 1.07 bits per heavy atom. The van der Waals surface area contributed by atoms with Crippen molar-refractivity contribution in [1.29, 1.82) is 0 Å². The van der Waals surface area contributed by atoms with Gasteiger partial charge in [-0.1, -0.05) is 24.3 Å². The lowest BCUT2D eigenvalue weighted by Gasteiger charge is -2.28. The quantitative estimate of drug-likeness (QED) is 0.729. The second kappa shape index (κ2) is 7.08. The molecule has 3 aromatic rings. The van der Waals surface area contributed by atoms with Gasteiger partial charge in [0.2, 0.25) is 0 Å². The Kier molecular flexibility index (Phi) is 4.40. The fourth-order valence-electron chi connectivity index (χ4n) is 4.93. The van der Waals surface area contributed by atoms with Crippen molar-refractivity contribution in [2.45, 2.75) is 18.9 Å². The van der Waals surface area contributed by atoms with Crippen LogP contribution in [0.15, 0.2) is 54.6 Å². The van der Waals surface area contributed by atoms with Crippen LogP contribution in [0, 0.1) is 0 Å². The van der Waals surface area contributed by atoms with Crippen LogP contribution >= 0.6 is 0 Å². The van der Waals surface area contributed by atoms with Crippen molar-refractivity contribution in [2.24, 2.45) is 0 Å². The summed E-state index contributed by atoms with van der Waals surface area (Å²) in [6.07, 6.45) is 2.19. The number of nitrogens with zero attached hydrogens (tertiary/aromatic N) is 1. The van der Waals surface area contributed by atoms with E-state index in [4.69, 9.17) is 9.47 Å². The molecule has 0 aromatic heterocycles. The van der Waals surface area contributed by atoms with Crippen molar-refractivity contribution in [3.8, 4) is 11.5 Å². The van der Waals surface area contributed by atoms with Crippen LogP contribution in [-0.4, -0.2) is 33.3 Å². The fourth-order valence-corrected chi connectivity index (χ4v) is 4.93. The Morgan fingerprint density at radius 2 is 1.90 bits per heavy atom. The molecule has 3 aromatic carbocycles. The molecule has 2 atom stereocenters. The maximum atomic E-state index is 13.2. The molecule has 0 radical (unpaired) electrons. The van der Waals surface area contributed by atoms with E-state index in [9.17, 15) is 4.79 Å². The third-order valence-electron chi connectivity index (χ3n) is 6.31. The molecule has 5 heteroatoms. The Balaban J connectivity index is 1.49. The number of anilines is 1. The lowest BCUT2D eigenvalue weighted by atomic mass is 10.0. The van der Waals surface area contributed by atoms with Gasteiger partial charge in [-0.2, -0.15) is 0 Å². The third-order valence-corrected chi connectivity index (χ3v) is 6.31. The van der Waals surface area contributed by atoms with E-state index in [1.807, 2.05) is 35.2 Å². The normalized spacial score (nSPS) is 20.5. The Hall–Kier alpha value is -3.05. The van der Waals surface area contributed by atoms with Crippen molar-refractivity contribution in [1.82, 2.24) is 0 Å². The largest absolute Gasteiger partial charge is 0.497 e. The number of hydrogen-bond acceptors (Lipinski definition) is 3.